The van der Waals surface area contributed by atoms with Crippen molar-refractivity contribution < 1.29 is 38.4 Å². The number of methoxy groups -OCH3 is 1. The van der Waals surface area contributed by atoms with Gasteiger partial charge in [0.05, 0.1) is 38.2 Å². The van der Waals surface area contributed by atoms with Crippen LogP contribution in [-0.4, -0.2) is 89.4 Å². The molecule has 2 aromatic carbocycles. The zero-order chi connectivity index (χ0) is 32.3. The number of benzene rings is 2. The van der Waals surface area contributed by atoms with Crippen LogP contribution >= 0.6 is 11.8 Å². The second kappa shape index (κ2) is 14.0. The fraction of sp³-hybridized carbons (Fsp3) is 0.545. The number of nitrogens with zero attached hydrogens (tertiary/aromatic N) is 1. The van der Waals surface area contributed by atoms with E-state index in [2.05, 4.69) is 10.6 Å². The van der Waals surface area contributed by atoms with Gasteiger partial charge in [-0.15, -0.1) is 11.8 Å². The van der Waals surface area contributed by atoms with Gasteiger partial charge in [-0.25, -0.2) is 4.79 Å². The third kappa shape index (κ3) is 7.40. The number of alkyl carbamates (subject to hydrolysis) is 1. The van der Waals surface area contributed by atoms with Gasteiger partial charge in [-0.2, -0.15) is 0 Å². The normalized spacial score (nSPS) is 24.9. The first-order valence-corrected chi connectivity index (χ1v) is 16.3. The second-order valence-corrected chi connectivity index (χ2v) is 14.0. The molecule has 3 amide bonds. The number of thioether (sulfide) groups is 1. The lowest BCUT2D eigenvalue weighted by molar-refractivity contribution is -0.147. The molecule has 0 saturated carbocycles. The van der Waals surface area contributed by atoms with Gasteiger partial charge >= 0.3 is 6.09 Å². The van der Waals surface area contributed by atoms with Crippen molar-refractivity contribution in [3.05, 3.63) is 64.7 Å². The number of amides is 3. The van der Waals surface area contributed by atoms with E-state index in [0.29, 0.717) is 25.3 Å². The number of aliphatic hydroxyl groups is 1. The summed E-state index contributed by atoms with van der Waals surface area (Å²) in [5.41, 5.74) is 3.93. The third-order valence-corrected chi connectivity index (χ3v) is 10.3. The predicted octanol–water partition coefficient (Wildman–Crippen LogP) is 3.07. The number of carbonyl (C=O) groups excluding carboxylic acids is 3. The van der Waals surface area contributed by atoms with Gasteiger partial charge in [-0.1, -0.05) is 30.3 Å². The van der Waals surface area contributed by atoms with Gasteiger partial charge in [0.15, 0.2) is 12.4 Å². The summed E-state index contributed by atoms with van der Waals surface area (Å²) in [5, 5.41) is 17.3. The van der Waals surface area contributed by atoms with Crippen LogP contribution in [-0.2, 0) is 36.8 Å². The number of ether oxygens (including phenoxy) is 4. The zero-order valence-electron chi connectivity index (χ0n) is 26.4. The van der Waals surface area contributed by atoms with E-state index < -0.39 is 41.0 Å². The molecule has 0 aromatic heterocycles. The Morgan fingerprint density at radius 3 is 2.51 bits per heavy atom. The van der Waals surface area contributed by atoms with E-state index >= 15 is 0 Å². The Hall–Kier alpha value is -3.32. The molecule has 6 atom stereocenters. The molecule has 12 heteroatoms. The molecule has 0 unspecified atom stereocenters. The zero-order valence-corrected chi connectivity index (χ0v) is 27.2. The minimum absolute atomic E-state index is 0.0612. The molecule has 3 N–H and O–H groups in total. The van der Waals surface area contributed by atoms with Crippen LogP contribution < -0.4 is 15.4 Å². The van der Waals surface area contributed by atoms with Crippen LogP contribution in [0.1, 0.15) is 42.5 Å². The highest BCUT2D eigenvalue weighted by atomic mass is 32.2. The Kier molecular flexibility index (Phi) is 10.3. The van der Waals surface area contributed by atoms with Crippen molar-refractivity contribution in [2.75, 3.05) is 26.2 Å². The van der Waals surface area contributed by atoms with Crippen LogP contribution in [0.5, 0.6) is 5.75 Å². The molecule has 3 fully saturated rings. The standard InChI is InChI=1S/C33H43N3O8S/c1-19-7-6-8-20(2)24(19)16-34-29(38)28-33(3,4)45-18-36(28)30(39)27(37)25(15-21-9-11-22(41-5)12-10-21)35-32(40)44-26-17-43-31-23(26)13-14-42-31/h6-12,23,25-28,31,37H,13-18H2,1-5H3,(H,34,38)(H,35,40)/t23-,25+,26-,27+,28-,31+/m1/s1. The lowest BCUT2D eigenvalue weighted by Gasteiger charge is -2.33. The molecule has 45 heavy (non-hydrogen) atoms. The molecule has 3 aliphatic heterocycles. The highest BCUT2D eigenvalue weighted by Crippen LogP contribution is 2.40. The second-order valence-electron chi connectivity index (χ2n) is 12.4. The van der Waals surface area contributed by atoms with E-state index in [9.17, 15) is 19.5 Å². The van der Waals surface area contributed by atoms with Gasteiger partial charge < -0.3 is 39.6 Å². The Bertz CT molecular complexity index is 1370. The van der Waals surface area contributed by atoms with Crippen molar-refractivity contribution in [1.82, 2.24) is 15.5 Å². The van der Waals surface area contributed by atoms with E-state index in [-0.39, 0.29) is 37.0 Å². The first kappa shape index (κ1) is 33.1. The van der Waals surface area contributed by atoms with E-state index in [1.807, 2.05) is 45.9 Å². The predicted molar refractivity (Wildman–Crippen MR) is 169 cm³/mol. The van der Waals surface area contributed by atoms with Crippen molar-refractivity contribution in [3.63, 3.8) is 0 Å². The molecular weight excluding hydrogens is 598 g/mol. The molecule has 0 bridgehead atoms. The number of aryl methyl sites for hydroxylation is 2. The van der Waals surface area contributed by atoms with Crippen LogP contribution in [0, 0.1) is 19.8 Å². The van der Waals surface area contributed by atoms with Gasteiger partial charge in [0.25, 0.3) is 5.91 Å². The number of hydrogen-bond acceptors (Lipinski definition) is 9. The highest BCUT2D eigenvalue weighted by molar-refractivity contribution is 8.00. The topological polar surface area (TPSA) is 136 Å². The third-order valence-electron chi connectivity index (χ3n) is 8.96. The molecule has 0 spiro atoms. The van der Waals surface area contributed by atoms with Crippen LogP contribution in [0.15, 0.2) is 42.5 Å². The average Bonchev–Trinajstić information content (AvgIpc) is 3.71. The summed E-state index contributed by atoms with van der Waals surface area (Å²) in [4.78, 5) is 42.2. The smallest absolute Gasteiger partial charge is 0.407 e. The molecule has 5 rings (SSSR count). The number of hydrogen-bond donors (Lipinski definition) is 3. The Morgan fingerprint density at radius 2 is 1.82 bits per heavy atom. The van der Waals surface area contributed by atoms with Gasteiger partial charge in [0.1, 0.15) is 17.9 Å². The molecule has 11 nitrogen and oxygen atoms in total. The van der Waals surface area contributed by atoms with Crippen LogP contribution in [0.3, 0.4) is 0 Å². The Balaban J connectivity index is 1.31. The molecule has 0 aliphatic carbocycles. The maximum absolute atomic E-state index is 14.0. The Morgan fingerprint density at radius 1 is 1.11 bits per heavy atom. The van der Waals surface area contributed by atoms with E-state index in [4.69, 9.17) is 18.9 Å². The summed E-state index contributed by atoms with van der Waals surface area (Å²) in [5.74, 6) is -0.143. The quantitative estimate of drug-likeness (QED) is 0.358. The number of aliphatic hydroxyl groups excluding tert-OH is 1. The number of fused-ring (bicyclic) bond motifs is 1. The lowest BCUT2D eigenvalue weighted by Crippen LogP contribution is -2.58. The molecule has 2 aromatic rings. The van der Waals surface area contributed by atoms with Gasteiger partial charge in [-0.3, -0.25) is 9.59 Å². The van der Waals surface area contributed by atoms with Crippen LogP contribution in [0.2, 0.25) is 0 Å². The van der Waals surface area contributed by atoms with Crippen LogP contribution in [0.25, 0.3) is 0 Å². The van der Waals surface area contributed by atoms with E-state index in [1.165, 1.54) is 16.7 Å². The van der Waals surface area contributed by atoms with Crippen LogP contribution in [0.4, 0.5) is 4.79 Å². The summed E-state index contributed by atoms with van der Waals surface area (Å²) in [6, 6.07) is 11.2. The van der Waals surface area contributed by atoms with Crippen molar-refractivity contribution in [2.45, 2.75) is 82.4 Å². The molecule has 3 aliphatic rings. The number of rotatable bonds is 10. The van der Waals surface area contributed by atoms with Crippen molar-refractivity contribution in [3.8, 4) is 5.75 Å². The summed E-state index contributed by atoms with van der Waals surface area (Å²) < 4.78 is 21.5. The molecule has 244 valence electrons. The van der Waals surface area contributed by atoms with Crippen molar-refractivity contribution in [2.24, 2.45) is 5.92 Å². The molecule has 0 radical (unpaired) electrons. The fourth-order valence-corrected chi connectivity index (χ4v) is 7.42. The number of nitrogens with one attached hydrogen (secondary N) is 2. The van der Waals surface area contributed by atoms with E-state index in [1.54, 1.807) is 31.4 Å². The first-order chi connectivity index (χ1) is 21.5. The van der Waals surface area contributed by atoms with Gasteiger partial charge in [0.2, 0.25) is 5.91 Å². The fourth-order valence-electron chi connectivity index (χ4n) is 6.28. The maximum Gasteiger partial charge on any atom is 0.407 e. The SMILES string of the molecule is COc1ccc(C[C@H](NC(=O)O[C@@H]2CO[C@@H]3OCC[C@@H]32)[C@H](O)C(=O)N2CSC(C)(C)[C@H]2C(=O)NCc2c(C)cccc2C)cc1. The highest BCUT2D eigenvalue weighted by Gasteiger charge is 2.50. The van der Waals surface area contributed by atoms with Gasteiger partial charge in [0, 0.05) is 11.3 Å². The number of carbonyl (C=O) groups is 3. The maximum atomic E-state index is 14.0. The first-order valence-electron chi connectivity index (χ1n) is 15.3. The summed E-state index contributed by atoms with van der Waals surface area (Å²) in [7, 11) is 1.56. The van der Waals surface area contributed by atoms with Crippen molar-refractivity contribution in [1.29, 1.82) is 0 Å². The molecule has 3 saturated heterocycles. The largest absolute Gasteiger partial charge is 0.497 e. The monoisotopic (exact) mass is 641 g/mol. The minimum atomic E-state index is -1.65. The summed E-state index contributed by atoms with van der Waals surface area (Å²) in [6.07, 6.45) is -2.44. The molecule has 3 heterocycles. The summed E-state index contributed by atoms with van der Waals surface area (Å²) >= 11 is 1.46. The van der Waals surface area contributed by atoms with Crippen molar-refractivity contribution >= 4 is 29.7 Å². The average molecular weight is 642 g/mol. The molecular formula is C33H43N3O8S. The van der Waals surface area contributed by atoms with Gasteiger partial charge in [-0.05, 0) is 74.9 Å². The summed E-state index contributed by atoms with van der Waals surface area (Å²) in [6.45, 7) is 8.89. The van der Waals surface area contributed by atoms with E-state index in [0.717, 1.165) is 22.3 Å². The minimum Gasteiger partial charge on any atom is -0.497 e. The Labute approximate surface area is 268 Å². The lowest BCUT2D eigenvalue weighted by atomic mass is 9.97.